The van der Waals surface area contributed by atoms with E-state index >= 15 is 0 Å². The molecule has 2 nitrogen and oxygen atoms in total. The fourth-order valence-corrected chi connectivity index (χ4v) is 4.91. The quantitative estimate of drug-likeness (QED) is 0.699. The molecule has 0 unspecified atom stereocenters. The van der Waals surface area contributed by atoms with Crippen LogP contribution in [0.1, 0.15) is 55.6 Å². The van der Waals surface area contributed by atoms with E-state index in [9.17, 15) is 8.78 Å². The van der Waals surface area contributed by atoms with E-state index in [1.165, 1.54) is 11.1 Å². The van der Waals surface area contributed by atoms with Gasteiger partial charge in [-0.3, -0.25) is 9.80 Å². The van der Waals surface area contributed by atoms with Crippen LogP contribution in [0.3, 0.4) is 0 Å². The van der Waals surface area contributed by atoms with Crippen molar-refractivity contribution >= 4 is 0 Å². The normalized spacial score (nSPS) is 20.7. The van der Waals surface area contributed by atoms with Crippen molar-refractivity contribution in [1.29, 1.82) is 0 Å². The van der Waals surface area contributed by atoms with E-state index in [0.29, 0.717) is 18.0 Å². The van der Waals surface area contributed by atoms with Gasteiger partial charge < -0.3 is 0 Å². The molecule has 150 valence electrons. The van der Waals surface area contributed by atoms with Crippen LogP contribution in [-0.2, 0) is 0 Å². The molecule has 2 saturated heterocycles. The molecule has 2 aromatic carbocycles. The summed E-state index contributed by atoms with van der Waals surface area (Å²) in [7, 11) is 0. The van der Waals surface area contributed by atoms with Gasteiger partial charge in [0, 0.05) is 26.2 Å². The lowest BCUT2D eigenvalue weighted by Crippen LogP contribution is -2.51. The van der Waals surface area contributed by atoms with Gasteiger partial charge in [0.05, 0.1) is 6.17 Å². The maximum atomic E-state index is 13.2. The van der Waals surface area contributed by atoms with Crippen molar-refractivity contribution in [2.75, 3.05) is 26.2 Å². The zero-order valence-corrected chi connectivity index (χ0v) is 16.7. The first kappa shape index (κ1) is 19.5. The van der Waals surface area contributed by atoms with E-state index in [1.807, 2.05) is 24.3 Å². The minimum absolute atomic E-state index is 0.154. The van der Waals surface area contributed by atoms with E-state index in [2.05, 4.69) is 16.7 Å². The molecule has 2 aliphatic heterocycles. The lowest BCUT2D eigenvalue weighted by atomic mass is 9.88. The number of benzene rings is 2. The zero-order valence-electron chi connectivity index (χ0n) is 16.7. The van der Waals surface area contributed by atoms with Gasteiger partial charge in [-0.1, -0.05) is 24.3 Å². The zero-order chi connectivity index (χ0) is 19.5. The molecule has 0 amide bonds. The SMILES string of the molecule is CC(N1CCC(c2ccc(F)cc2)CC1)N1CCC(c2ccc(F)cc2)CC1. The number of hydrogen-bond donors (Lipinski definition) is 0. The second-order valence-corrected chi connectivity index (χ2v) is 8.36. The van der Waals surface area contributed by atoms with Crippen molar-refractivity contribution in [3.05, 3.63) is 71.3 Å². The highest BCUT2D eigenvalue weighted by Crippen LogP contribution is 2.32. The van der Waals surface area contributed by atoms with Crippen LogP contribution in [-0.4, -0.2) is 42.1 Å². The maximum absolute atomic E-state index is 13.2. The summed E-state index contributed by atoms with van der Waals surface area (Å²) in [5, 5.41) is 0. The molecular formula is C24H30F2N2. The number of rotatable bonds is 4. The van der Waals surface area contributed by atoms with Crippen molar-refractivity contribution in [3.63, 3.8) is 0 Å². The largest absolute Gasteiger partial charge is 0.288 e. The van der Waals surface area contributed by atoms with Crippen LogP contribution in [0.4, 0.5) is 8.78 Å². The summed E-state index contributed by atoms with van der Waals surface area (Å²) in [6.45, 7) is 6.72. The Bertz CT molecular complexity index is 678. The Morgan fingerprint density at radius 1 is 0.643 bits per heavy atom. The van der Waals surface area contributed by atoms with Crippen LogP contribution in [0.25, 0.3) is 0 Å². The second kappa shape index (κ2) is 8.71. The summed E-state index contributed by atoms with van der Waals surface area (Å²) in [6.07, 6.45) is 5.02. The molecular weight excluding hydrogens is 354 g/mol. The van der Waals surface area contributed by atoms with E-state index < -0.39 is 0 Å². The Labute approximate surface area is 167 Å². The average Bonchev–Trinajstić information content (AvgIpc) is 2.75. The molecule has 0 aliphatic carbocycles. The fourth-order valence-electron chi connectivity index (χ4n) is 4.91. The number of nitrogens with zero attached hydrogens (tertiary/aromatic N) is 2. The first-order valence-electron chi connectivity index (χ1n) is 10.6. The predicted octanol–water partition coefficient (Wildman–Crippen LogP) is 5.37. The van der Waals surface area contributed by atoms with E-state index in [0.717, 1.165) is 51.9 Å². The minimum Gasteiger partial charge on any atom is -0.288 e. The van der Waals surface area contributed by atoms with Crippen LogP contribution >= 0.6 is 0 Å². The second-order valence-electron chi connectivity index (χ2n) is 8.36. The molecule has 4 heteroatoms. The molecule has 2 fully saturated rings. The molecule has 0 atom stereocenters. The van der Waals surface area contributed by atoms with Crippen LogP contribution in [0.2, 0.25) is 0 Å². The summed E-state index contributed by atoms with van der Waals surface area (Å²) < 4.78 is 26.3. The van der Waals surface area contributed by atoms with Gasteiger partial charge in [-0.25, -0.2) is 8.78 Å². The molecule has 28 heavy (non-hydrogen) atoms. The molecule has 0 N–H and O–H groups in total. The molecule has 4 rings (SSSR count). The minimum atomic E-state index is -0.154. The van der Waals surface area contributed by atoms with Crippen molar-refractivity contribution < 1.29 is 8.78 Å². The highest BCUT2D eigenvalue weighted by molar-refractivity contribution is 5.22. The Hall–Kier alpha value is -1.78. The van der Waals surface area contributed by atoms with Crippen LogP contribution < -0.4 is 0 Å². The van der Waals surface area contributed by atoms with Crippen molar-refractivity contribution in [3.8, 4) is 0 Å². The third kappa shape index (κ3) is 4.44. The Kier molecular flexibility index (Phi) is 6.07. The van der Waals surface area contributed by atoms with Crippen LogP contribution in [0.5, 0.6) is 0 Å². The van der Waals surface area contributed by atoms with Crippen molar-refractivity contribution in [2.45, 2.75) is 50.6 Å². The fraction of sp³-hybridized carbons (Fsp3) is 0.500. The van der Waals surface area contributed by atoms with Gasteiger partial charge in [-0.2, -0.15) is 0 Å². The summed E-state index contributed by atoms with van der Waals surface area (Å²) in [4.78, 5) is 5.19. The summed E-state index contributed by atoms with van der Waals surface area (Å²) in [5.74, 6) is 0.791. The third-order valence-electron chi connectivity index (χ3n) is 6.80. The van der Waals surface area contributed by atoms with Gasteiger partial charge >= 0.3 is 0 Å². The molecule has 2 heterocycles. The lowest BCUT2D eigenvalue weighted by Gasteiger charge is -2.44. The lowest BCUT2D eigenvalue weighted by molar-refractivity contribution is 0.0221. The first-order valence-corrected chi connectivity index (χ1v) is 10.6. The van der Waals surface area contributed by atoms with Gasteiger partial charge in [0.1, 0.15) is 11.6 Å². The molecule has 2 aliphatic rings. The summed E-state index contributed by atoms with van der Waals surface area (Å²) in [6, 6.07) is 14.1. The van der Waals surface area contributed by atoms with Gasteiger partial charge in [0.15, 0.2) is 0 Å². The Balaban J connectivity index is 1.27. The molecule has 0 aromatic heterocycles. The van der Waals surface area contributed by atoms with Crippen molar-refractivity contribution in [1.82, 2.24) is 9.80 Å². The third-order valence-corrected chi connectivity index (χ3v) is 6.80. The maximum Gasteiger partial charge on any atom is 0.123 e. The molecule has 0 saturated carbocycles. The smallest absolute Gasteiger partial charge is 0.123 e. The van der Waals surface area contributed by atoms with Crippen molar-refractivity contribution in [2.24, 2.45) is 0 Å². The number of piperidine rings is 2. The van der Waals surface area contributed by atoms with Gasteiger partial charge in [-0.05, 0) is 79.8 Å². The van der Waals surface area contributed by atoms with Crippen LogP contribution in [0.15, 0.2) is 48.5 Å². The van der Waals surface area contributed by atoms with E-state index in [4.69, 9.17) is 0 Å². The Morgan fingerprint density at radius 3 is 1.29 bits per heavy atom. The van der Waals surface area contributed by atoms with E-state index in [-0.39, 0.29) is 11.6 Å². The number of hydrogen-bond acceptors (Lipinski definition) is 2. The van der Waals surface area contributed by atoms with Gasteiger partial charge in [0.25, 0.3) is 0 Å². The Morgan fingerprint density at radius 2 is 0.964 bits per heavy atom. The monoisotopic (exact) mass is 384 g/mol. The number of halogens is 2. The number of likely N-dealkylation sites (tertiary alicyclic amines) is 2. The summed E-state index contributed by atoms with van der Waals surface area (Å²) >= 11 is 0. The average molecular weight is 385 g/mol. The van der Waals surface area contributed by atoms with Gasteiger partial charge in [-0.15, -0.1) is 0 Å². The topological polar surface area (TPSA) is 6.48 Å². The molecule has 0 radical (unpaired) electrons. The molecule has 0 spiro atoms. The van der Waals surface area contributed by atoms with Crippen LogP contribution in [0, 0.1) is 11.6 Å². The standard InChI is InChI=1S/C24H30F2N2/c1-18(27-14-10-21(11-15-27)19-2-6-23(25)7-3-19)28-16-12-22(13-17-28)20-4-8-24(26)9-5-20/h2-9,18,21-22H,10-17H2,1H3. The van der Waals surface area contributed by atoms with Gasteiger partial charge in [0.2, 0.25) is 0 Å². The highest BCUT2D eigenvalue weighted by Gasteiger charge is 2.29. The predicted molar refractivity (Wildman–Crippen MR) is 109 cm³/mol. The van der Waals surface area contributed by atoms with E-state index in [1.54, 1.807) is 24.3 Å². The summed E-state index contributed by atoms with van der Waals surface area (Å²) in [5.41, 5.74) is 2.54. The highest BCUT2D eigenvalue weighted by atomic mass is 19.1. The molecule has 0 bridgehead atoms. The molecule has 2 aromatic rings. The first-order chi connectivity index (χ1) is 13.6.